The van der Waals surface area contributed by atoms with Gasteiger partial charge in [-0.15, -0.1) is 0 Å². The molecular formula is C17H16FN5O3. The van der Waals surface area contributed by atoms with Crippen LogP contribution in [0.25, 0.3) is 22.2 Å². The number of aromatic nitrogens is 4. The molecule has 1 fully saturated rings. The number of fused-ring (bicyclic) bond motifs is 1. The molecule has 0 saturated heterocycles. The van der Waals surface area contributed by atoms with E-state index in [0.29, 0.717) is 28.8 Å². The predicted molar refractivity (Wildman–Crippen MR) is 91.9 cm³/mol. The van der Waals surface area contributed by atoms with Gasteiger partial charge in [0.05, 0.1) is 37.5 Å². The van der Waals surface area contributed by atoms with Crippen LogP contribution < -0.4 is 14.8 Å². The van der Waals surface area contributed by atoms with E-state index in [2.05, 4.69) is 25.3 Å². The van der Waals surface area contributed by atoms with Crippen molar-refractivity contribution in [3.8, 4) is 23.0 Å². The van der Waals surface area contributed by atoms with Crippen molar-refractivity contribution in [3.63, 3.8) is 0 Å². The van der Waals surface area contributed by atoms with Crippen LogP contribution in [0, 0.1) is 5.92 Å². The van der Waals surface area contributed by atoms with E-state index in [-0.39, 0.29) is 12.3 Å². The van der Waals surface area contributed by atoms with Gasteiger partial charge < -0.3 is 19.8 Å². The van der Waals surface area contributed by atoms with Crippen molar-refractivity contribution in [1.29, 1.82) is 0 Å². The van der Waals surface area contributed by atoms with Gasteiger partial charge in [0.25, 0.3) is 0 Å². The number of nitrogens with zero attached hydrogens (tertiary/aromatic N) is 3. The molecule has 2 N–H and O–H groups in total. The lowest BCUT2D eigenvalue weighted by atomic mass is 10.2. The van der Waals surface area contributed by atoms with Crippen molar-refractivity contribution >= 4 is 22.6 Å². The Morgan fingerprint density at radius 1 is 1.23 bits per heavy atom. The summed E-state index contributed by atoms with van der Waals surface area (Å²) in [5, 5.41) is 3.45. The minimum Gasteiger partial charge on any atom is -0.480 e. The van der Waals surface area contributed by atoms with Gasteiger partial charge in [-0.3, -0.25) is 4.79 Å². The number of rotatable bonds is 5. The van der Waals surface area contributed by atoms with Crippen LogP contribution in [0.4, 0.5) is 10.2 Å². The van der Waals surface area contributed by atoms with Gasteiger partial charge in [-0.2, -0.15) is 0 Å². The number of amides is 1. The maximum Gasteiger partial charge on any atom is 0.231 e. The Hall–Kier alpha value is -3.23. The highest BCUT2D eigenvalue weighted by Crippen LogP contribution is 2.37. The monoisotopic (exact) mass is 357 g/mol. The molecule has 3 heterocycles. The quantitative estimate of drug-likeness (QED) is 0.727. The fraction of sp³-hybridized carbons (Fsp3) is 0.294. The van der Waals surface area contributed by atoms with Crippen LogP contribution >= 0.6 is 0 Å². The zero-order valence-electron chi connectivity index (χ0n) is 14.1. The maximum absolute atomic E-state index is 13.0. The third-order valence-electron chi connectivity index (χ3n) is 4.24. The van der Waals surface area contributed by atoms with E-state index in [1.807, 2.05) is 6.07 Å². The molecule has 0 bridgehead atoms. The molecule has 1 aliphatic rings. The van der Waals surface area contributed by atoms with Gasteiger partial charge in [-0.05, 0) is 18.6 Å². The molecule has 1 amide bonds. The number of halogens is 1. The zero-order chi connectivity index (χ0) is 18.3. The number of H-pyrrole nitrogens is 1. The van der Waals surface area contributed by atoms with Crippen molar-refractivity contribution in [3.05, 3.63) is 24.7 Å². The molecule has 0 unspecified atom stereocenters. The average molecular weight is 357 g/mol. The molecule has 0 radical (unpaired) electrons. The molecule has 1 saturated carbocycles. The van der Waals surface area contributed by atoms with Crippen LogP contribution in [0.1, 0.15) is 6.42 Å². The fourth-order valence-electron chi connectivity index (χ4n) is 2.78. The Kier molecular flexibility index (Phi) is 3.90. The standard InChI is InChI=1S/C17H16FN5O3/c1-25-16-14(17(26-2)21-7-20-16)11-3-8-4-13(19-6-12(8)22-11)23-15(24)9-5-10(9)18/h3-4,6-7,9-10,22H,5H2,1-2H3,(H,19,23,24)/t9-,10+/m1/s1. The summed E-state index contributed by atoms with van der Waals surface area (Å²) in [6.07, 6.45) is 2.18. The average Bonchev–Trinajstić information content (AvgIpc) is 3.24. The highest BCUT2D eigenvalue weighted by Gasteiger charge is 2.43. The maximum atomic E-state index is 13.0. The first-order valence-corrected chi connectivity index (χ1v) is 7.97. The van der Waals surface area contributed by atoms with Crippen molar-refractivity contribution < 1.29 is 18.7 Å². The number of hydrogen-bond acceptors (Lipinski definition) is 6. The smallest absolute Gasteiger partial charge is 0.231 e. The molecule has 0 aliphatic heterocycles. The number of hydrogen-bond donors (Lipinski definition) is 2. The van der Waals surface area contributed by atoms with Gasteiger partial charge in [0.2, 0.25) is 17.7 Å². The Bertz CT molecular complexity index is 967. The van der Waals surface area contributed by atoms with Crippen molar-refractivity contribution in [2.24, 2.45) is 5.92 Å². The normalized spacial score (nSPS) is 18.6. The van der Waals surface area contributed by atoms with Crippen molar-refractivity contribution in [2.45, 2.75) is 12.6 Å². The summed E-state index contributed by atoms with van der Waals surface area (Å²) in [5.74, 6) is 0.194. The van der Waals surface area contributed by atoms with Crippen LogP contribution in [0.15, 0.2) is 24.7 Å². The molecule has 2 atom stereocenters. The van der Waals surface area contributed by atoms with E-state index in [1.54, 1.807) is 12.3 Å². The number of nitrogens with one attached hydrogen (secondary N) is 2. The largest absolute Gasteiger partial charge is 0.480 e. The molecule has 3 aromatic heterocycles. The van der Waals surface area contributed by atoms with E-state index in [1.165, 1.54) is 20.5 Å². The van der Waals surface area contributed by atoms with Crippen LogP contribution in [-0.4, -0.2) is 46.2 Å². The lowest BCUT2D eigenvalue weighted by Crippen LogP contribution is -2.15. The topological polar surface area (TPSA) is 102 Å². The van der Waals surface area contributed by atoms with Gasteiger partial charge in [-0.25, -0.2) is 19.3 Å². The van der Waals surface area contributed by atoms with Gasteiger partial charge in [0.1, 0.15) is 23.9 Å². The summed E-state index contributed by atoms with van der Waals surface area (Å²) in [6.45, 7) is 0. The number of methoxy groups -OCH3 is 2. The highest BCUT2D eigenvalue weighted by molar-refractivity contribution is 5.96. The summed E-state index contributed by atoms with van der Waals surface area (Å²) in [5.41, 5.74) is 2.02. The van der Waals surface area contributed by atoms with E-state index < -0.39 is 12.1 Å². The molecule has 8 nitrogen and oxygen atoms in total. The van der Waals surface area contributed by atoms with Gasteiger partial charge in [0, 0.05) is 5.39 Å². The first-order valence-electron chi connectivity index (χ1n) is 7.97. The van der Waals surface area contributed by atoms with Crippen LogP contribution in [0.2, 0.25) is 0 Å². The molecule has 0 spiro atoms. The molecule has 3 aromatic rings. The number of pyridine rings is 1. The molecule has 9 heteroatoms. The number of carbonyl (C=O) groups is 1. The summed E-state index contributed by atoms with van der Waals surface area (Å²) >= 11 is 0. The predicted octanol–water partition coefficient (Wildman–Crippen LogP) is 2.33. The third kappa shape index (κ3) is 2.81. The lowest BCUT2D eigenvalue weighted by molar-refractivity contribution is -0.117. The molecule has 134 valence electrons. The first kappa shape index (κ1) is 16.2. The Morgan fingerprint density at radius 2 is 1.92 bits per heavy atom. The van der Waals surface area contributed by atoms with E-state index in [9.17, 15) is 9.18 Å². The second kappa shape index (κ2) is 6.25. The molecule has 4 rings (SSSR count). The Morgan fingerprint density at radius 3 is 2.54 bits per heavy atom. The zero-order valence-corrected chi connectivity index (χ0v) is 14.1. The molecule has 0 aromatic carbocycles. The van der Waals surface area contributed by atoms with E-state index in [0.717, 1.165) is 10.9 Å². The van der Waals surface area contributed by atoms with Crippen LogP contribution in [-0.2, 0) is 4.79 Å². The summed E-state index contributed by atoms with van der Waals surface area (Å²) in [6, 6.07) is 3.57. The second-order valence-electron chi connectivity index (χ2n) is 5.95. The second-order valence-corrected chi connectivity index (χ2v) is 5.95. The highest BCUT2D eigenvalue weighted by atomic mass is 19.1. The fourth-order valence-corrected chi connectivity index (χ4v) is 2.78. The number of aromatic amines is 1. The Balaban J connectivity index is 1.69. The van der Waals surface area contributed by atoms with Crippen molar-refractivity contribution in [2.75, 3.05) is 19.5 Å². The summed E-state index contributed by atoms with van der Waals surface area (Å²) in [4.78, 5) is 27.5. The number of alkyl halides is 1. The van der Waals surface area contributed by atoms with Gasteiger partial charge in [0.15, 0.2) is 0 Å². The SMILES string of the molecule is COc1ncnc(OC)c1-c1cc2cc(NC(=O)[C@@H]3C[C@@H]3F)ncc2[nH]1. The number of carbonyl (C=O) groups excluding carboxylic acids is 1. The van der Waals surface area contributed by atoms with Gasteiger partial charge in [-0.1, -0.05) is 0 Å². The van der Waals surface area contributed by atoms with E-state index >= 15 is 0 Å². The minimum absolute atomic E-state index is 0.274. The molecule has 26 heavy (non-hydrogen) atoms. The summed E-state index contributed by atoms with van der Waals surface area (Å²) in [7, 11) is 3.03. The van der Waals surface area contributed by atoms with Crippen molar-refractivity contribution in [1.82, 2.24) is 19.9 Å². The van der Waals surface area contributed by atoms with Crippen LogP contribution in [0.3, 0.4) is 0 Å². The minimum atomic E-state index is -1.05. The number of anilines is 1. The van der Waals surface area contributed by atoms with Gasteiger partial charge >= 0.3 is 0 Å². The lowest BCUT2D eigenvalue weighted by Gasteiger charge is -2.08. The third-order valence-corrected chi connectivity index (χ3v) is 4.24. The Labute approximate surface area is 147 Å². The number of ether oxygens (including phenoxy) is 2. The summed E-state index contributed by atoms with van der Waals surface area (Å²) < 4.78 is 23.6. The van der Waals surface area contributed by atoms with E-state index in [4.69, 9.17) is 9.47 Å². The molecule has 1 aliphatic carbocycles. The molecular weight excluding hydrogens is 341 g/mol. The van der Waals surface area contributed by atoms with Crippen LogP contribution in [0.5, 0.6) is 11.8 Å². The first-order chi connectivity index (χ1) is 12.6.